The average molecular weight is 360 g/mol. The van der Waals surface area contributed by atoms with E-state index in [9.17, 15) is 4.79 Å². The van der Waals surface area contributed by atoms with E-state index >= 15 is 0 Å². The van der Waals surface area contributed by atoms with Gasteiger partial charge in [0.2, 0.25) is 0 Å². The van der Waals surface area contributed by atoms with Crippen LogP contribution in [-0.4, -0.2) is 18.2 Å². The molecule has 1 N–H and O–H groups in total. The van der Waals surface area contributed by atoms with E-state index in [1.54, 1.807) is 7.11 Å². The fourth-order valence-electron chi connectivity index (χ4n) is 3.39. The Hall–Kier alpha value is -3.07. The number of benzene rings is 3. The average Bonchev–Trinajstić information content (AvgIpc) is 2.66. The van der Waals surface area contributed by atoms with E-state index in [4.69, 9.17) is 9.84 Å². The van der Waals surface area contributed by atoms with Gasteiger partial charge in [0.25, 0.3) is 0 Å². The molecule has 3 aromatic rings. The van der Waals surface area contributed by atoms with Crippen molar-refractivity contribution in [3.8, 4) is 28.0 Å². The lowest BCUT2D eigenvalue weighted by molar-refractivity contribution is -0.136. The van der Waals surface area contributed by atoms with Crippen LogP contribution in [0.15, 0.2) is 60.7 Å². The van der Waals surface area contributed by atoms with Crippen molar-refractivity contribution < 1.29 is 14.6 Å². The molecule has 0 aliphatic heterocycles. The first-order valence-electron chi connectivity index (χ1n) is 9.04. The molecule has 3 heteroatoms. The molecule has 0 fully saturated rings. The van der Waals surface area contributed by atoms with Gasteiger partial charge in [-0.25, -0.2) is 0 Å². The summed E-state index contributed by atoms with van der Waals surface area (Å²) in [6, 6.07) is 20.8. The summed E-state index contributed by atoms with van der Waals surface area (Å²) in [6.45, 7) is 4.21. The Labute approximate surface area is 160 Å². The molecule has 0 aromatic heterocycles. The maximum absolute atomic E-state index is 11.0. The second-order valence-corrected chi connectivity index (χ2v) is 6.82. The molecule has 3 nitrogen and oxygen atoms in total. The number of hydrogen-bond donors (Lipinski definition) is 1. The van der Waals surface area contributed by atoms with E-state index in [-0.39, 0.29) is 6.42 Å². The van der Waals surface area contributed by atoms with E-state index in [2.05, 4.69) is 56.3 Å². The molecule has 0 heterocycles. The van der Waals surface area contributed by atoms with E-state index in [1.165, 1.54) is 22.3 Å². The Morgan fingerprint density at radius 3 is 2.33 bits per heavy atom. The normalized spacial score (nSPS) is 10.6. The number of carbonyl (C=O) groups is 1. The zero-order valence-electron chi connectivity index (χ0n) is 16.0. The number of carboxylic acid groups (broad SMARTS) is 1. The first-order chi connectivity index (χ1) is 13.0. The molecule has 27 heavy (non-hydrogen) atoms. The largest absolute Gasteiger partial charge is 0.497 e. The molecule has 0 unspecified atom stereocenters. The number of ether oxygens (including phenoxy) is 1. The number of carboxylic acids is 1. The lowest BCUT2D eigenvalue weighted by Crippen LogP contribution is -2.00. The highest BCUT2D eigenvalue weighted by molar-refractivity contribution is 5.76. The number of methoxy groups -OCH3 is 1. The highest BCUT2D eigenvalue weighted by Gasteiger charge is 2.11. The Morgan fingerprint density at radius 2 is 1.67 bits per heavy atom. The van der Waals surface area contributed by atoms with Gasteiger partial charge in [-0.3, -0.25) is 4.79 Å². The van der Waals surface area contributed by atoms with Gasteiger partial charge in [0.15, 0.2) is 0 Å². The summed E-state index contributed by atoms with van der Waals surface area (Å²) in [6.07, 6.45) is 0.571. The van der Waals surface area contributed by atoms with Gasteiger partial charge in [-0.1, -0.05) is 54.1 Å². The fourth-order valence-corrected chi connectivity index (χ4v) is 3.39. The van der Waals surface area contributed by atoms with Crippen molar-refractivity contribution in [1.29, 1.82) is 0 Å². The van der Waals surface area contributed by atoms with Crippen molar-refractivity contribution in [3.05, 3.63) is 77.4 Å². The van der Waals surface area contributed by atoms with Crippen LogP contribution < -0.4 is 4.74 Å². The third-order valence-electron chi connectivity index (χ3n) is 4.79. The highest BCUT2D eigenvalue weighted by Crippen LogP contribution is 2.32. The lowest BCUT2D eigenvalue weighted by Gasteiger charge is -2.14. The molecule has 138 valence electrons. The Balaban J connectivity index is 2.01. The van der Waals surface area contributed by atoms with Crippen LogP contribution in [-0.2, 0) is 11.2 Å². The van der Waals surface area contributed by atoms with Gasteiger partial charge in [0, 0.05) is 6.42 Å². The van der Waals surface area contributed by atoms with Crippen molar-refractivity contribution in [2.45, 2.75) is 26.7 Å². The van der Waals surface area contributed by atoms with Crippen LogP contribution in [0.4, 0.5) is 0 Å². The summed E-state index contributed by atoms with van der Waals surface area (Å²) >= 11 is 0. The minimum Gasteiger partial charge on any atom is -0.497 e. The van der Waals surface area contributed by atoms with E-state index < -0.39 is 5.97 Å². The van der Waals surface area contributed by atoms with Gasteiger partial charge in [0.05, 0.1) is 7.11 Å². The van der Waals surface area contributed by atoms with Crippen LogP contribution in [0.5, 0.6) is 5.75 Å². The van der Waals surface area contributed by atoms with Gasteiger partial charge in [0.1, 0.15) is 5.75 Å². The van der Waals surface area contributed by atoms with Crippen molar-refractivity contribution >= 4 is 5.97 Å². The quantitative estimate of drug-likeness (QED) is 0.617. The Bertz CT molecular complexity index is 973. The van der Waals surface area contributed by atoms with Gasteiger partial charge < -0.3 is 9.84 Å². The zero-order valence-corrected chi connectivity index (χ0v) is 16.0. The van der Waals surface area contributed by atoms with Crippen LogP contribution >= 0.6 is 0 Å². The molecule has 0 aliphatic rings. The van der Waals surface area contributed by atoms with Gasteiger partial charge in [-0.15, -0.1) is 0 Å². The second-order valence-electron chi connectivity index (χ2n) is 6.82. The Kier molecular flexibility index (Phi) is 5.60. The minimum atomic E-state index is -0.797. The summed E-state index contributed by atoms with van der Waals surface area (Å²) in [5.74, 6) is -0.0537. The number of hydrogen-bond acceptors (Lipinski definition) is 2. The van der Waals surface area contributed by atoms with Crippen LogP contribution in [0, 0.1) is 13.8 Å². The maximum atomic E-state index is 11.0. The molecule has 0 spiro atoms. The molecule has 3 aromatic carbocycles. The molecule has 0 amide bonds. The zero-order chi connectivity index (χ0) is 19.4. The summed E-state index contributed by atoms with van der Waals surface area (Å²) < 4.78 is 5.32. The van der Waals surface area contributed by atoms with Gasteiger partial charge in [-0.05, 0) is 65.8 Å². The van der Waals surface area contributed by atoms with Crippen molar-refractivity contribution in [2.24, 2.45) is 0 Å². The topological polar surface area (TPSA) is 46.5 Å². The maximum Gasteiger partial charge on any atom is 0.303 e. The number of aliphatic carboxylic acids is 1. The van der Waals surface area contributed by atoms with Crippen LogP contribution in [0.2, 0.25) is 0 Å². The van der Waals surface area contributed by atoms with E-state index in [0.717, 1.165) is 22.4 Å². The summed E-state index contributed by atoms with van der Waals surface area (Å²) in [5.41, 5.74) is 7.98. The molecule has 0 radical (unpaired) electrons. The van der Waals surface area contributed by atoms with Crippen molar-refractivity contribution in [2.75, 3.05) is 7.11 Å². The molecule has 0 saturated heterocycles. The van der Waals surface area contributed by atoms with Gasteiger partial charge >= 0.3 is 5.97 Å². The molecule has 0 atom stereocenters. The molecular weight excluding hydrogens is 336 g/mol. The minimum absolute atomic E-state index is 0.0977. The van der Waals surface area contributed by atoms with Crippen molar-refractivity contribution in [3.63, 3.8) is 0 Å². The summed E-state index contributed by atoms with van der Waals surface area (Å²) in [5, 5.41) is 9.06. The summed E-state index contributed by atoms with van der Waals surface area (Å²) in [7, 11) is 1.62. The first kappa shape index (κ1) is 18.7. The van der Waals surface area contributed by atoms with E-state index in [1.807, 2.05) is 18.2 Å². The molecule has 0 bridgehead atoms. The standard InChI is InChI=1S/C24H24O3/c1-16-5-4-6-18(13-16)22-10-7-19(14-17(22)2)23-11-9-21(27-3)15-20(23)8-12-24(25)26/h4-7,9-11,13-15H,8,12H2,1-3H3,(H,25,26). The summed E-state index contributed by atoms with van der Waals surface area (Å²) in [4.78, 5) is 11.0. The Morgan fingerprint density at radius 1 is 0.926 bits per heavy atom. The molecule has 0 saturated carbocycles. The fraction of sp³-hybridized carbons (Fsp3) is 0.208. The third kappa shape index (κ3) is 4.37. The highest BCUT2D eigenvalue weighted by atomic mass is 16.5. The van der Waals surface area contributed by atoms with Gasteiger partial charge in [-0.2, -0.15) is 0 Å². The molecule has 3 rings (SSSR count). The number of aryl methyl sites for hydroxylation is 3. The SMILES string of the molecule is COc1ccc(-c2ccc(-c3cccc(C)c3)c(C)c2)c(CCC(=O)O)c1. The second kappa shape index (κ2) is 8.09. The van der Waals surface area contributed by atoms with Crippen LogP contribution in [0.25, 0.3) is 22.3 Å². The molecule has 0 aliphatic carbocycles. The predicted octanol–water partition coefficient (Wildman–Crippen LogP) is 5.66. The smallest absolute Gasteiger partial charge is 0.303 e. The van der Waals surface area contributed by atoms with Crippen molar-refractivity contribution in [1.82, 2.24) is 0 Å². The predicted molar refractivity (Wildman–Crippen MR) is 109 cm³/mol. The lowest BCUT2D eigenvalue weighted by atomic mass is 9.92. The van der Waals surface area contributed by atoms with Crippen LogP contribution in [0.1, 0.15) is 23.1 Å². The monoisotopic (exact) mass is 360 g/mol. The third-order valence-corrected chi connectivity index (χ3v) is 4.79. The molecular formula is C24H24O3. The van der Waals surface area contributed by atoms with Crippen LogP contribution in [0.3, 0.4) is 0 Å². The first-order valence-corrected chi connectivity index (χ1v) is 9.04. The van der Waals surface area contributed by atoms with E-state index in [0.29, 0.717) is 6.42 Å². The number of rotatable bonds is 6.